The average molecular weight is 563 g/mol. The van der Waals surface area contributed by atoms with E-state index in [1.165, 1.54) is 24.3 Å². The molecule has 8 nitrogen and oxygen atoms in total. The second-order valence-corrected chi connectivity index (χ2v) is 9.09. The molecule has 0 N–H and O–H groups in total. The number of hydrogen-bond donors (Lipinski definition) is 0. The van der Waals surface area contributed by atoms with E-state index in [-0.39, 0.29) is 41.9 Å². The number of anilines is 1. The zero-order chi connectivity index (χ0) is 29.1. The molecule has 1 atom stereocenters. The van der Waals surface area contributed by atoms with Gasteiger partial charge in [-0.25, -0.2) is 14.8 Å². The number of halogens is 6. The lowest BCUT2D eigenvalue weighted by Gasteiger charge is -2.31. The van der Waals surface area contributed by atoms with Crippen molar-refractivity contribution in [2.75, 3.05) is 18.7 Å². The average Bonchev–Trinajstić information content (AvgIpc) is 2.99. The lowest BCUT2D eigenvalue weighted by Crippen LogP contribution is -2.34. The van der Waals surface area contributed by atoms with Gasteiger partial charge in [0.2, 0.25) is 11.8 Å². The molecule has 14 heteroatoms. The monoisotopic (exact) mass is 563 g/mol. The van der Waals surface area contributed by atoms with Crippen molar-refractivity contribution in [3.8, 4) is 5.88 Å². The number of amides is 1. The number of methoxy groups -OCH3 is 1. The Hall–Kier alpha value is -3.71. The van der Waals surface area contributed by atoms with E-state index in [0.717, 1.165) is 11.8 Å². The molecule has 2 heterocycles. The summed E-state index contributed by atoms with van der Waals surface area (Å²) >= 11 is 0. The van der Waals surface area contributed by atoms with Crippen molar-refractivity contribution in [3.05, 3.63) is 52.7 Å². The molecule has 0 radical (unpaired) electrons. The van der Waals surface area contributed by atoms with Crippen LogP contribution in [-0.4, -0.2) is 41.7 Å². The summed E-state index contributed by atoms with van der Waals surface area (Å²) in [6.45, 7) is 3.99. The van der Waals surface area contributed by atoms with Gasteiger partial charge >= 0.3 is 18.5 Å². The minimum absolute atomic E-state index is 0.0282. The molecule has 0 fully saturated rings. The topological polar surface area (TPSA) is 81.2 Å². The molecule has 0 aliphatic carbocycles. The molecule has 1 aromatic heterocycles. The SMILES string of the molecule is COc1ccc2c(n1)C(N(Cc1cc(C(F)(F)F)cc(C(F)(F)F)c1)C(C)=O)CCCN2OC(=O)OC(C)C. The highest BCUT2D eigenvalue weighted by Crippen LogP contribution is 2.40. The summed E-state index contributed by atoms with van der Waals surface area (Å²) in [4.78, 5) is 35.8. The van der Waals surface area contributed by atoms with Gasteiger partial charge in [0.25, 0.3) is 0 Å². The van der Waals surface area contributed by atoms with Gasteiger partial charge in [-0.3, -0.25) is 4.79 Å². The third-order valence-electron chi connectivity index (χ3n) is 5.81. The van der Waals surface area contributed by atoms with Crippen LogP contribution in [0.5, 0.6) is 5.88 Å². The summed E-state index contributed by atoms with van der Waals surface area (Å²) in [7, 11) is 1.35. The Labute approximate surface area is 220 Å². The summed E-state index contributed by atoms with van der Waals surface area (Å²) < 4.78 is 90.7. The van der Waals surface area contributed by atoms with Crippen molar-refractivity contribution < 1.29 is 50.2 Å². The summed E-state index contributed by atoms with van der Waals surface area (Å²) in [5, 5.41) is 1.22. The lowest BCUT2D eigenvalue weighted by atomic mass is 10.0. The third-order valence-corrected chi connectivity index (χ3v) is 5.81. The summed E-state index contributed by atoms with van der Waals surface area (Å²) in [5.41, 5.74) is -2.90. The largest absolute Gasteiger partial charge is 0.533 e. The molecule has 3 rings (SSSR count). The van der Waals surface area contributed by atoms with E-state index in [0.29, 0.717) is 18.6 Å². The van der Waals surface area contributed by atoms with Crippen LogP contribution in [-0.2, 0) is 33.3 Å². The summed E-state index contributed by atoms with van der Waals surface area (Å²) in [6.07, 6.45) is -11.0. The van der Waals surface area contributed by atoms with E-state index in [2.05, 4.69) is 4.98 Å². The molecule has 39 heavy (non-hydrogen) atoms. The molecule has 1 aromatic carbocycles. The van der Waals surface area contributed by atoms with Crippen molar-refractivity contribution in [2.24, 2.45) is 0 Å². The Morgan fingerprint density at radius 3 is 2.21 bits per heavy atom. The standard InChI is InChI=1S/C25H27F6N3O5/c1-14(2)38-23(36)39-34-9-5-6-19(22-20(34)7-8-21(32-22)37-4)33(15(3)35)13-16-10-17(24(26,27)28)12-18(11-16)25(29,30)31/h7-8,10-12,14,19H,5-6,9,13H2,1-4H3. The van der Waals surface area contributed by atoms with Crippen LogP contribution in [0.2, 0.25) is 0 Å². The van der Waals surface area contributed by atoms with E-state index < -0.39 is 54.2 Å². The molecule has 0 saturated heterocycles. The molecular formula is C25H27F6N3O5. The van der Waals surface area contributed by atoms with Gasteiger partial charge in [0.1, 0.15) is 0 Å². The molecule has 214 valence electrons. The van der Waals surface area contributed by atoms with Crippen LogP contribution in [0.3, 0.4) is 0 Å². The van der Waals surface area contributed by atoms with Gasteiger partial charge in [0, 0.05) is 19.5 Å². The van der Waals surface area contributed by atoms with Gasteiger partial charge < -0.3 is 19.2 Å². The minimum Gasteiger partial charge on any atom is -0.481 e. The molecular weight excluding hydrogens is 536 g/mol. The van der Waals surface area contributed by atoms with Gasteiger partial charge in [-0.15, -0.1) is 0 Å². The molecule has 1 aliphatic rings. The first-order valence-electron chi connectivity index (χ1n) is 11.9. The first kappa shape index (κ1) is 29.8. The van der Waals surface area contributed by atoms with Gasteiger partial charge in [-0.05, 0) is 56.5 Å². The number of ether oxygens (including phenoxy) is 2. The highest BCUT2D eigenvalue weighted by Gasteiger charge is 2.38. The van der Waals surface area contributed by atoms with Crippen LogP contribution < -0.4 is 9.80 Å². The van der Waals surface area contributed by atoms with E-state index >= 15 is 0 Å². The van der Waals surface area contributed by atoms with E-state index in [4.69, 9.17) is 14.3 Å². The highest BCUT2D eigenvalue weighted by molar-refractivity contribution is 5.74. The second kappa shape index (κ2) is 11.6. The predicted molar refractivity (Wildman–Crippen MR) is 125 cm³/mol. The smallest absolute Gasteiger partial charge is 0.481 e. The molecule has 0 saturated carbocycles. The van der Waals surface area contributed by atoms with E-state index in [1.54, 1.807) is 13.8 Å². The van der Waals surface area contributed by atoms with Gasteiger partial charge in [0.05, 0.1) is 48.3 Å². The third kappa shape index (κ3) is 7.45. The van der Waals surface area contributed by atoms with Gasteiger partial charge in [0.15, 0.2) is 0 Å². The summed E-state index contributed by atoms with van der Waals surface area (Å²) in [5.74, 6) is -0.484. The first-order chi connectivity index (χ1) is 18.1. The van der Waals surface area contributed by atoms with Gasteiger partial charge in [-0.2, -0.15) is 26.3 Å². The number of alkyl halides is 6. The van der Waals surface area contributed by atoms with Crippen LogP contribution in [0.4, 0.5) is 36.8 Å². The van der Waals surface area contributed by atoms with Crippen LogP contribution in [0.1, 0.15) is 62.0 Å². The van der Waals surface area contributed by atoms with Crippen molar-refractivity contribution in [3.63, 3.8) is 0 Å². The molecule has 1 aliphatic heterocycles. The fourth-order valence-corrected chi connectivity index (χ4v) is 4.15. The Bertz CT molecular complexity index is 1170. The quantitative estimate of drug-likeness (QED) is 0.302. The second-order valence-electron chi connectivity index (χ2n) is 9.09. The lowest BCUT2D eigenvalue weighted by molar-refractivity contribution is -0.143. The number of pyridine rings is 1. The number of benzene rings is 1. The van der Waals surface area contributed by atoms with Crippen molar-refractivity contribution in [2.45, 2.75) is 64.7 Å². The number of hydrogen-bond acceptors (Lipinski definition) is 7. The maximum atomic E-state index is 13.4. The Morgan fingerprint density at radius 1 is 1.08 bits per heavy atom. The summed E-state index contributed by atoms with van der Waals surface area (Å²) in [6, 6.07) is 3.29. The van der Waals surface area contributed by atoms with Crippen LogP contribution in [0, 0.1) is 0 Å². The Balaban J connectivity index is 2.06. The number of aromatic nitrogens is 1. The molecule has 0 bridgehead atoms. The molecule has 1 unspecified atom stereocenters. The Morgan fingerprint density at radius 2 is 1.69 bits per heavy atom. The number of fused-ring (bicyclic) bond motifs is 1. The van der Waals surface area contributed by atoms with Crippen LogP contribution >= 0.6 is 0 Å². The maximum absolute atomic E-state index is 13.4. The zero-order valence-electron chi connectivity index (χ0n) is 21.5. The molecule has 2 aromatic rings. The van der Waals surface area contributed by atoms with Crippen molar-refractivity contribution in [1.29, 1.82) is 0 Å². The molecule has 1 amide bonds. The fourth-order valence-electron chi connectivity index (χ4n) is 4.15. The predicted octanol–water partition coefficient (Wildman–Crippen LogP) is 6.29. The van der Waals surface area contributed by atoms with Crippen molar-refractivity contribution >= 4 is 17.7 Å². The van der Waals surface area contributed by atoms with E-state index in [9.17, 15) is 35.9 Å². The molecule has 0 spiro atoms. The first-order valence-corrected chi connectivity index (χ1v) is 11.9. The number of hydroxylamine groups is 1. The minimum atomic E-state index is -5.04. The normalized spacial score (nSPS) is 15.9. The van der Waals surface area contributed by atoms with Crippen molar-refractivity contribution in [1.82, 2.24) is 9.88 Å². The van der Waals surface area contributed by atoms with Crippen LogP contribution in [0.15, 0.2) is 30.3 Å². The van der Waals surface area contributed by atoms with Crippen LogP contribution in [0.25, 0.3) is 0 Å². The number of carbonyl (C=O) groups excluding carboxylic acids is 2. The number of rotatable bonds is 6. The highest BCUT2D eigenvalue weighted by atomic mass is 19.4. The number of nitrogens with zero attached hydrogens (tertiary/aromatic N) is 3. The van der Waals surface area contributed by atoms with Gasteiger partial charge in [-0.1, -0.05) is 0 Å². The van der Waals surface area contributed by atoms with E-state index in [1.807, 2.05) is 0 Å². The zero-order valence-corrected chi connectivity index (χ0v) is 21.5. The number of carbonyl (C=O) groups is 2. The fraction of sp³-hybridized carbons (Fsp3) is 0.480. The Kier molecular flexibility index (Phi) is 8.86. The maximum Gasteiger partial charge on any atom is 0.533 e.